The summed E-state index contributed by atoms with van der Waals surface area (Å²) >= 11 is 0. The summed E-state index contributed by atoms with van der Waals surface area (Å²) in [5, 5.41) is 3.03. The lowest BCUT2D eigenvalue weighted by Gasteiger charge is -2.39. The van der Waals surface area contributed by atoms with Gasteiger partial charge in [0.25, 0.3) is 0 Å². The maximum atomic E-state index is 12.5. The van der Waals surface area contributed by atoms with Gasteiger partial charge in [0.2, 0.25) is 5.91 Å². The first-order chi connectivity index (χ1) is 16.5. The second-order valence-corrected chi connectivity index (χ2v) is 17.8. The molecule has 5 rings (SSSR count). The van der Waals surface area contributed by atoms with Gasteiger partial charge in [0.1, 0.15) is 8.07 Å². The van der Waals surface area contributed by atoms with Crippen LogP contribution in [0.1, 0.15) is 30.4 Å². The van der Waals surface area contributed by atoms with E-state index in [4.69, 9.17) is 0 Å². The Balaban J connectivity index is 1.56. The van der Waals surface area contributed by atoms with E-state index in [2.05, 4.69) is 52.4 Å². The van der Waals surface area contributed by atoms with Crippen molar-refractivity contribution in [2.75, 3.05) is 35.9 Å². The van der Waals surface area contributed by atoms with E-state index in [0.717, 1.165) is 72.5 Å². The molecule has 2 fully saturated rings. The zero-order chi connectivity index (χ0) is 25.0. The summed E-state index contributed by atoms with van der Waals surface area (Å²) in [5.41, 5.74) is 9.01. The molecule has 1 aromatic carbocycles. The number of nitrogens with zero attached hydrogens (tertiary/aromatic N) is 3. The highest BCUT2D eigenvalue weighted by molar-refractivity contribution is 8.25. The summed E-state index contributed by atoms with van der Waals surface area (Å²) in [6.45, 7) is 9.05. The Hall–Kier alpha value is -2.51. The molecule has 0 saturated carbocycles. The van der Waals surface area contributed by atoms with Crippen LogP contribution in [-0.4, -0.2) is 54.8 Å². The summed E-state index contributed by atoms with van der Waals surface area (Å²) < 4.78 is 22.4. The second kappa shape index (κ2) is 8.56. The number of hydrogen-bond acceptors (Lipinski definition) is 6. The molecule has 0 bridgehead atoms. The SMILES string of the molecule is CN1c2ccc(-c3cncc(C#C[Si](C)(C)C)c3N3CCC4(CCNC4=O)CC3)cc2CS1(O)O. The van der Waals surface area contributed by atoms with E-state index in [1.807, 2.05) is 24.5 Å². The van der Waals surface area contributed by atoms with Gasteiger partial charge in [-0.25, -0.2) is 0 Å². The van der Waals surface area contributed by atoms with Crippen LogP contribution in [-0.2, 0) is 10.5 Å². The van der Waals surface area contributed by atoms with Gasteiger partial charge in [-0.1, -0.05) is 31.6 Å². The lowest BCUT2D eigenvalue weighted by molar-refractivity contribution is -0.128. The molecule has 186 valence electrons. The molecule has 9 heteroatoms. The van der Waals surface area contributed by atoms with Gasteiger partial charge in [-0.2, -0.15) is 0 Å². The largest absolute Gasteiger partial charge is 0.370 e. The summed E-state index contributed by atoms with van der Waals surface area (Å²) in [6, 6.07) is 6.05. The van der Waals surface area contributed by atoms with Crippen molar-refractivity contribution in [1.29, 1.82) is 0 Å². The normalized spacial score (nSPS) is 21.4. The fraction of sp³-hybridized carbons (Fsp3) is 0.462. The third-order valence-corrected chi connectivity index (χ3v) is 10.1. The zero-order valence-electron chi connectivity index (χ0n) is 20.9. The molecule has 0 radical (unpaired) electrons. The molecule has 4 heterocycles. The summed E-state index contributed by atoms with van der Waals surface area (Å²) in [7, 11) is -2.69. The fourth-order valence-electron chi connectivity index (χ4n) is 5.34. The molecule has 0 aliphatic carbocycles. The van der Waals surface area contributed by atoms with Crippen molar-refractivity contribution in [2.24, 2.45) is 5.41 Å². The summed E-state index contributed by atoms with van der Waals surface area (Å²) in [4.78, 5) is 19.5. The van der Waals surface area contributed by atoms with E-state index < -0.39 is 18.8 Å². The molecule has 35 heavy (non-hydrogen) atoms. The molecule has 1 spiro atoms. The predicted molar refractivity (Wildman–Crippen MR) is 146 cm³/mol. The number of carbonyl (C=O) groups is 1. The highest BCUT2D eigenvalue weighted by atomic mass is 32.3. The third-order valence-electron chi connectivity index (χ3n) is 7.41. The lowest BCUT2D eigenvalue weighted by Crippen LogP contribution is -2.44. The number of piperidine rings is 1. The van der Waals surface area contributed by atoms with Gasteiger partial charge in [0.15, 0.2) is 0 Å². The number of anilines is 2. The predicted octanol–water partition coefficient (Wildman–Crippen LogP) is 4.70. The van der Waals surface area contributed by atoms with Crippen molar-refractivity contribution in [3.63, 3.8) is 0 Å². The monoisotopic (exact) mass is 510 g/mol. The molecule has 2 saturated heterocycles. The van der Waals surface area contributed by atoms with Crippen LogP contribution in [0.25, 0.3) is 11.1 Å². The van der Waals surface area contributed by atoms with Gasteiger partial charge in [0.05, 0.1) is 28.1 Å². The smallest absolute Gasteiger partial charge is 0.226 e. The fourth-order valence-corrected chi connectivity index (χ4v) is 7.19. The summed E-state index contributed by atoms with van der Waals surface area (Å²) in [6.07, 6.45) is 6.32. The molecule has 1 amide bonds. The van der Waals surface area contributed by atoms with Gasteiger partial charge in [-0.3, -0.25) is 23.2 Å². The minimum atomic E-state index is -2.81. The molecule has 3 N–H and O–H groups in total. The van der Waals surface area contributed by atoms with Crippen molar-refractivity contribution >= 4 is 36.1 Å². The molecule has 3 aliphatic rings. The second-order valence-electron chi connectivity index (χ2n) is 11.0. The number of carbonyl (C=O) groups excluding carboxylic acids is 1. The maximum Gasteiger partial charge on any atom is 0.226 e. The molecule has 0 atom stereocenters. The van der Waals surface area contributed by atoms with Crippen LogP contribution in [0.4, 0.5) is 11.4 Å². The van der Waals surface area contributed by atoms with Crippen LogP contribution >= 0.6 is 10.8 Å². The molecule has 1 aromatic heterocycles. The number of amides is 1. The van der Waals surface area contributed by atoms with E-state index in [1.165, 1.54) is 0 Å². The minimum absolute atomic E-state index is 0.201. The number of pyridine rings is 1. The highest BCUT2D eigenvalue weighted by Gasteiger charge is 2.44. The highest BCUT2D eigenvalue weighted by Crippen LogP contribution is 2.56. The first-order valence-corrected chi connectivity index (χ1v) is 17.3. The van der Waals surface area contributed by atoms with Crippen molar-refractivity contribution < 1.29 is 13.9 Å². The number of aromatic nitrogens is 1. The van der Waals surface area contributed by atoms with Crippen LogP contribution in [0, 0.1) is 16.9 Å². The number of fused-ring (bicyclic) bond motifs is 1. The number of hydrogen-bond donors (Lipinski definition) is 3. The first-order valence-electron chi connectivity index (χ1n) is 12.2. The molecule has 3 aliphatic heterocycles. The van der Waals surface area contributed by atoms with E-state index in [-0.39, 0.29) is 17.1 Å². The van der Waals surface area contributed by atoms with Crippen LogP contribution in [0.15, 0.2) is 30.6 Å². The van der Waals surface area contributed by atoms with E-state index in [1.54, 1.807) is 11.4 Å². The van der Waals surface area contributed by atoms with Crippen molar-refractivity contribution in [3.8, 4) is 22.6 Å². The molecule has 7 nitrogen and oxygen atoms in total. The molecular weight excluding hydrogens is 476 g/mol. The van der Waals surface area contributed by atoms with Crippen molar-refractivity contribution in [1.82, 2.24) is 10.3 Å². The Kier molecular flexibility index (Phi) is 5.91. The first kappa shape index (κ1) is 24.2. The van der Waals surface area contributed by atoms with Crippen molar-refractivity contribution in [3.05, 3.63) is 41.7 Å². The average molecular weight is 511 g/mol. The average Bonchev–Trinajstić information content (AvgIpc) is 3.27. The van der Waals surface area contributed by atoms with Gasteiger partial charge < -0.3 is 10.2 Å². The minimum Gasteiger partial charge on any atom is -0.370 e. The quantitative estimate of drug-likeness (QED) is 0.401. The number of rotatable bonds is 2. The Morgan fingerprint density at radius 2 is 1.89 bits per heavy atom. The number of nitrogens with one attached hydrogen (secondary N) is 1. The van der Waals surface area contributed by atoms with Gasteiger partial charge >= 0.3 is 0 Å². The van der Waals surface area contributed by atoms with E-state index in [9.17, 15) is 13.9 Å². The molecule has 2 aromatic rings. The topological polar surface area (TPSA) is 88.9 Å². The lowest BCUT2D eigenvalue weighted by atomic mass is 9.77. The Morgan fingerprint density at radius 1 is 1.14 bits per heavy atom. The standard InChI is InChI=1S/C26H34N4O3SSi/c1-29-23-6-5-19(15-21(23)18-34(29,32)33)22-17-27-16-20(7-14-35(2,3)4)24(22)30-12-9-26(10-13-30)8-11-28-25(26)31/h5-6,15-17,32-33H,8-13,18H2,1-4H3,(H,28,31). The Bertz CT molecular complexity index is 1240. The van der Waals surface area contributed by atoms with E-state index in [0.29, 0.717) is 0 Å². The van der Waals surface area contributed by atoms with Crippen molar-refractivity contribution in [2.45, 2.75) is 44.7 Å². The Labute approximate surface area is 210 Å². The third kappa shape index (κ3) is 4.44. The van der Waals surface area contributed by atoms with E-state index >= 15 is 0 Å². The van der Waals surface area contributed by atoms with Gasteiger partial charge in [0, 0.05) is 44.6 Å². The van der Waals surface area contributed by atoms with Crippen LogP contribution in [0.2, 0.25) is 19.6 Å². The van der Waals surface area contributed by atoms with Gasteiger partial charge in [-0.15, -0.1) is 16.3 Å². The van der Waals surface area contributed by atoms with Gasteiger partial charge in [-0.05, 0) is 42.5 Å². The molecule has 0 unspecified atom stereocenters. The molecular formula is C26H34N4O3SSi. The Morgan fingerprint density at radius 3 is 2.54 bits per heavy atom. The van der Waals surface area contributed by atoms with Crippen LogP contribution in [0.5, 0.6) is 0 Å². The summed E-state index contributed by atoms with van der Waals surface area (Å²) in [5.74, 6) is 3.88. The maximum absolute atomic E-state index is 12.5. The number of benzene rings is 1. The van der Waals surface area contributed by atoms with Crippen LogP contribution in [0.3, 0.4) is 0 Å². The van der Waals surface area contributed by atoms with Crippen LogP contribution < -0.4 is 14.5 Å². The zero-order valence-corrected chi connectivity index (χ0v) is 22.7.